The molecule has 0 bridgehead atoms. The predicted octanol–water partition coefficient (Wildman–Crippen LogP) is 4.53. The molecule has 5 aromatic rings. The van der Waals surface area contributed by atoms with Gasteiger partial charge in [-0.1, -0.05) is 35.1 Å². The number of aromatic nitrogens is 4. The molecule has 0 fully saturated rings. The molecule has 0 amide bonds. The van der Waals surface area contributed by atoms with Gasteiger partial charge in [0.25, 0.3) is 5.56 Å². The van der Waals surface area contributed by atoms with E-state index in [1.165, 1.54) is 11.8 Å². The molecule has 0 spiro atoms. The number of benzene rings is 3. The first-order chi connectivity index (χ1) is 18.6. The summed E-state index contributed by atoms with van der Waals surface area (Å²) < 4.78 is 28.7. The maximum Gasteiger partial charge on any atom is 0.262 e. The molecule has 0 atom stereocenters. The van der Waals surface area contributed by atoms with Crippen LogP contribution in [0.15, 0.2) is 75.1 Å². The fraction of sp³-hybridized carbons (Fsp3) is 0.185. The van der Waals surface area contributed by atoms with Crippen LogP contribution in [-0.2, 0) is 12.3 Å². The van der Waals surface area contributed by atoms with Crippen LogP contribution in [0.25, 0.3) is 22.3 Å². The lowest BCUT2D eigenvalue weighted by atomic mass is 10.2. The van der Waals surface area contributed by atoms with E-state index in [0.717, 1.165) is 11.1 Å². The Bertz CT molecular complexity index is 1700. The first-order valence-corrected chi connectivity index (χ1v) is 12.7. The van der Waals surface area contributed by atoms with Crippen molar-refractivity contribution in [1.29, 1.82) is 0 Å². The maximum atomic E-state index is 13.5. The predicted molar refractivity (Wildman–Crippen MR) is 140 cm³/mol. The first kappa shape index (κ1) is 23.9. The summed E-state index contributed by atoms with van der Waals surface area (Å²) in [5.74, 6) is 3.67. The SMILES string of the molecule is COc1ccc(-c2noc(CSc3nc4ccccc4c(=O)n3Cc3ccc4c(c3)OCO4)n2)cc1OC. The third kappa shape index (κ3) is 4.52. The zero-order valence-electron chi connectivity index (χ0n) is 20.5. The van der Waals surface area contributed by atoms with Crippen molar-refractivity contribution in [2.45, 2.75) is 17.5 Å². The van der Waals surface area contributed by atoms with Gasteiger partial charge in [0.2, 0.25) is 18.5 Å². The fourth-order valence-electron chi connectivity index (χ4n) is 4.15. The lowest BCUT2D eigenvalue weighted by Crippen LogP contribution is -2.24. The van der Waals surface area contributed by atoms with Gasteiger partial charge in [0.1, 0.15) is 0 Å². The molecular weight excluding hydrogens is 508 g/mol. The Morgan fingerprint density at radius 1 is 0.947 bits per heavy atom. The van der Waals surface area contributed by atoms with Gasteiger partial charge in [-0.2, -0.15) is 4.98 Å². The highest BCUT2D eigenvalue weighted by atomic mass is 32.2. The van der Waals surface area contributed by atoms with Crippen molar-refractivity contribution < 1.29 is 23.5 Å². The van der Waals surface area contributed by atoms with Crippen LogP contribution >= 0.6 is 11.8 Å². The molecule has 0 radical (unpaired) electrons. The minimum Gasteiger partial charge on any atom is -0.493 e. The molecule has 0 N–H and O–H groups in total. The van der Waals surface area contributed by atoms with E-state index >= 15 is 0 Å². The fourth-order valence-corrected chi connectivity index (χ4v) is 4.99. The topological polar surface area (TPSA) is 111 Å². The van der Waals surface area contributed by atoms with E-state index in [1.54, 1.807) is 37.0 Å². The molecular formula is C27H22N4O6S. The Morgan fingerprint density at radius 2 is 1.79 bits per heavy atom. The zero-order chi connectivity index (χ0) is 26.1. The number of nitrogens with zero attached hydrogens (tertiary/aromatic N) is 4. The smallest absolute Gasteiger partial charge is 0.262 e. The van der Waals surface area contributed by atoms with Crippen molar-refractivity contribution in [1.82, 2.24) is 19.7 Å². The zero-order valence-corrected chi connectivity index (χ0v) is 21.4. The van der Waals surface area contributed by atoms with Gasteiger partial charge in [-0.25, -0.2) is 4.98 Å². The molecule has 1 aliphatic rings. The average Bonchev–Trinajstić information content (AvgIpc) is 3.63. The van der Waals surface area contributed by atoms with E-state index in [1.807, 2.05) is 42.5 Å². The highest BCUT2D eigenvalue weighted by Crippen LogP contribution is 2.34. The second-order valence-electron chi connectivity index (χ2n) is 8.36. The second kappa shape index (κ2) is 10.1. The molecule has 38 heavy (non-hydrogen) atoms. The van der Waals surface area contributed by atoms with Gasteiger partial charge in [0.05, 0.1) is 37.4 Å². The molecule has 3 heterocycles. The van der Waals surface area contributed by atoms with Gasteiger partial charge >= 0.3 is 0 Å². The van der Waals surface area contributed by atoms with Crippen LogP contribution in [0.3, 0.4) is 0 Å². The van der Waals surface area contributed by atoms with Gasteiger partial charge in [-0.3, -0.25) is 9.36 Å². The van der Waals surface area contributed by atoms with Crippen molar-refractivity contribution in [2.75, 3.05) is 21.0 Å². The van der Waals surface area contributed by atoms with Crippen molar-refractivity contribution in [2.24, 2.45) is 0 Å². The summed E-state index contributed by atoms with van der Waals surface area (Å²) in [5, 5.41) is 5.20. The summed E-state index contributed by atoms with van der Waals surface area (Å²) in [6.07, 6.45) is 0. The minimum absolute atomic E-state index is 0.132. The van der Waals surface area contributed by atoms with Crippen LogP contribution in [0.1, 0.15) is 11.5 Å². The Kier molecular flexibility index (Phi) is 6.34. The van der Waals surface area contributed by atoms with Crippen LogP contribution in [0.4, 0.5) is 0 Å². The molecule has 2 aromatic heterocycles. The monoisotopic (exact) mass is 530 g/mol. The standard InChI is InChI=1S/C27H22N4O6S/c1-33-20-10-8-17(12-22(20)34-2)25-29-24(37-30-25)14-38-27-28-19-6-4-3-5-18(19)26(32)31(27)13-16-7-9-21-23(11-16)36-15-35-21/h3-12H,13-15H2,1-2H3. The minimum atomic E-state index is -0.132. The molecule has 10 nitrogen and oxygen atoms in total. The molecule has 11 heteroatoms. The van der Waals surface area contributed by atoms with Crippen LogP contribution in [0.5, 0.6) is 23.0 Å². The van der Waals surface area contributed by atoms with E-state index in [4.69, 9.17) is 28.5 Å². The largest absolute Gasteiger partial charge is 0.493 e. The van der Waals surface area contributed by atoms with Crippen molar-refractivity contribution in [3.05, 3.63) is 82.5 Å². The van der Waals surface area contributed by atoms with Gasteiger partial charge in [-0.15, -0.1) is 0 Å². The Hall–Kier alpha value is -4.51. The van der Waals surface area contributed by atoms with Crippen molar-refractivity contribution in [3.8, 4) is 34.4 Å². The van der Waals surface area contributed by atoms with Gasteiger partial charge in [0.15, 0.2) is 28.2 Å². The highest BCUT2D eigenvalue weighted by molar-refractivity contribution is 7.98. The molecule has 0 aliphatic carbocycles. The quantitative estimate of drug-likeness (QED) is 0.210. The maximum absolute atomic E-state index is 13.5. The van der Waals surface area contributed by atoms with Gasteiger partial charge < -0.3 is 23.5 Å². The number of thioether (sulfide) groups is 1. The Labute approximate surface area is 221 Å². The summed E-state index contributed by atoms with van der Waals surface area (Å²) in [5.41, 5.74) is 2.11. The van der Waals surface area contributed by atoms with Crippen LogP contribution < -0.4 is 24.5 Å². The molecule has 6 rings (SSSR count). The summed E-state index contributed by atoms with van der Waals surface area (Å²) in [7, 11) is 3.15. The lowest BCUT2D eigenvalue weighted by Gasteiger charge is -2.13. The van der Waals surface area contributed by atoms with Gasteiger partial charge in [0, 0.05) is 5.56 Å². The molecule has 0 saturated carbocycles. The molecule has 0 unspecified atom stereocenters. The Morgan fingerprint density at radius 3 is 2.66 bits per heavy atom. The first-order valence-electron chi connectivity index (χ1n) is 11.7. The molecule has 192 valence electrons. The van der Waals surface area contributed by atoms with Crippen molar-refractivity contribution >= 4 is 22.7 Å². The molecule has 1 aliphatic heterocycles. The molecule has 0 saturated heterocycles. The van der Waals surface area contributed by atoms with Crippen LogP contribution in [0.2, 0.25) is 0 Å². The van der Waals surface area contributed by atoms with Gasteiger partial charge in [-0.05, 0) is 48.0 Å². The van der Waals surface area contributed by atoms with E-state index in [0.29, 0.717) is 63.1 Å². The van der Waals surface area contributed by atoms with Crippen molar-refractivity contribution in [3.63, 3.8) is 0 Å². The number of hydrogen-bond donors (Lipinski definition) is 0. The second-order valence-corrected chi connectivity index (χ2v) is 9.30. The number of ether oxygens (including phenoxy) is 4. The number of hydrogen-bond acceptors (Lipinski definition) is 10. The lowest BCUT2D eigenvalue weighted by molar-refractivity contribution is 0.174. The Balaban J connectivity index is 1.29. The third-order valence-corrected chi connectivity index (χ3v) is 7.00. The number of para-hydroxylation sites is 1. The number of rotatable bonds is 8. The van der Waals surface area contributed by atoms with E-state index < -0.39 is 0 Å². The van der Waals surface area contributed by atoms with E-state index in [-0.39, 0.29) is 12.4 Å². The average molecular weight is 531 g/mol. The highest BCUT2D eigenvalue weighted by Gasteiger charge is 2.18. The summed E-state index contributed by atoms with van der Waals surface area (Å²) in [4.78, 5) is 22.8. The third-order valence-electron chi connectivity index (χ3n) is 6.04. The molecule has 3 aromatic carbocycles. The van der Waals surface area contributed by atoms with E-state index in [2.05, 4.69) is 10.1 Å². The van der Waals surface area contributed by atoms with Crippen LogP contribution in [0, 0.1) is 0 Å². The van der Waals surface area contributed by atoms with E-state index in [9.17, 15) is 4.79 Å². The van der Waals surface area contributed by atoms with Crippen LogP contribution in [-0.4, -0.2) is 40.7 Å². The normalized spacial score (nSPS) is 12.2. The summed E-state index contributed by atoms with van der Waals surface area (Å²) in [6.45, 7) is 0.503. The summed E-state index contributed by atoms with van der Waals surface area (Å²) in [6, 6.07) is 18.3. The summed E-state index contributed by atoms with van der Waals surface area (Å²) >= 11 is 1.35. The number of fused-ring (bicyclic) bond motifs is 2. The number of methoxy groups -OCH3 is 2.